The molecule has 0 aliphatic carbocycles. The quantitative estimate of drug-likeness (QED) is 0.602. The van der Waals surface area contributed by atoms with Crippen LogP contribution in [0.3, 0.4) is 0 Å². The van der Waals surface area contributed by atoms with Gasteiger partial charge in [0.15, 0.2) is 6.61 Å². The summed E-state index contributed by atoms with van der Waals surface area (Å²) in [4.78, 5) is 30.8. The number of benzene rings is 2. The number of fused-ring (bicyclic) bond motifs is 1. The number of halogens is 1. The van der Waals surface area contributed by atoms with Crippen LogP contribution < -0.4 is 19.7 Å². The highest BCUT2D eigenvalue weighted by atomic mass is 35.5. The molecule has 9 heteroatoms. The number of methoxy groups -OCH3 is 1. The Balaban J connectivity index is 1.26. The minimum atomic E-state index is -0.160. The molecule has 1 N–H and O–H groups in total. The highest BCUT2D eigenvalue weighted by molar-refractivity contribution is 6.32. The van der Waals surface area contributed by atoms with Crippen molar-refractivity contribution in [1.82, 2.24) is 15.1 Å². The Bertz CT molecular complexity index is 1210. The number of amides is 2. The number of piperazine rings is 2. The van der Waals surface area contributed by atoms with Gasteiger partial charge in [-0.2, -0.15) is 0 Å². The Kier molecular flexibility index (Phi) is 8.00. The third-order valence-corrected chi connectivity index (χ3v) is 8.64. The first-order valence-corrected chi connectivity index (χ1v) is 13.8. The van der Waals surface area contributed by atoms with Gasteiger partial charge in [0.1, 0.15) is 11.5 Å². The molecule has 3 aliphatic rings. The van der Waals surface area contributed by atoms with E-state index in [1.54, 1.807) is 12.0 Å². The van der Waals surface area contributed by atoms with Gasteiger partial charge >= 0.3 is 0 Å². The largest absolute Gasteiger partial charge is 0.495 e. The number of nitrogens with one attached hydrogen (secondary N) is 1. The molecule has 0 spiro atoms. The molecule has 0 bridgehead atoms. The number of hydrogen-bond donors (Lipinski definition) is 1. The summed E-state index contributed by atoms with van der Waals surface area (Å²) in [6.45, 7) is 8.21. The van der Waals surface area contributed by atoms with Gasteiger partial charge in [-0.15, -0.1) is 0 Å². The van der Waals surface area contributed by atoms with Crippen molar-refractivity contribution in [2.24, 2.45) is 0 Å². The summed E-state index contributed by atoms with van der Waals surface area (Å²) in [6, 6.07) is 11.1. The van der Waals surface area contributed by atoms with Gasteiger partial charge in [0.2, 0.25) is 5.91 Å². The van der Waals surface area contributed by atoms with Gasteiger partial charge in [0.05, 0.1) is 18.7 Å². The first kappa shape index (κ1) is 26.6. The molecule has 0 saturated carbocycles. The van der Waals surface area contributed by atoms with E-state index in [9.17, 15) is 9.59 Å². The molecule has 3 fully saturated rings. The van der Waals surface area contributed by atoms with Gasteiger partial charge in [-0.05, 0) is 68.0 Å². The van der Waals surface area contributed by atoms with Crippen molar-refractivity contribution in [1.29, 1.82) is 0 Å². The molecular formula is C29H37ClN4O4. The first-order valence-electron chi connectivity index (χ1n) is 13.5. The smallest absolute Gasteiger partial charge is 0.261 e. The summed E-state index contributed by atoms with van der Waals surface area (Å²) in [6.07, 6.45) is 3.52. The number of carbonyl (C=O) groups excluding carboxylic acids is 2. The maximum absolute atomic E-state index is 12.6. The lowest BCUT2D eigenvalue weighted by Crippen LogP contribution is -2.56. The van der Waals surface area contributed by atoms with Crippen LogP contribution >= 0.6 is 11.6 Å². The lowest BCUT2D eigenvalue weighted by atomic mass is 9.86. The molecule has 8 nitrogen and oxygen atoms in total. The van der Waals surface area contributed by atoms with Crippen molar-refractivity contribution in [3.8, 4) is 11.5 Å². The standard InChI is InChI=1S/C29H37ClN4O4/c1-19-20(2)26(38-18-29(36)33-12-11-31-28(35)17-33)10-8-23(19)25-6-4-5-22-16-32(13-14-34(22)25)21-7-9-24(30)27(15-21)37-3/h7-10,15,22,25H,4-6,11-14,16-18H2,1-3H3,(H,31,35)/t22-,25+/m0/s1. The van der Waals surface area contributed by atoms with Gasteiger partial charge in [-0.25, -0.2) is 0 Å². The fourth-order valence-electron chi connectivity index (χ4n) is 6.08. The second-order valence-corrected chi connectivity index (χ2v) is 10.9. The van der Waals surface area contributed by atoms with E-state index in [0.29, 0.717) is 35.9 Å². The fourth-order valence-corrected chi connectivity index (χ4v) is 6.27. The van der Waals surface area contributed by atoms with Crippen molar-refractivity contribution in [2.45, 2.75) is 45.2 Å². The molecular weight excluding hydrogens is 504 g/mol. The zero-order chi connectivity index (χ0) is 26.8. The summed E-state index contributed by atoms with van der Waals surface area (Å²) in [5, 5.41) is 3.37. The van der Waals surface area contributed by atoms with Crippen LogP contribution in [-0.4, -0.2) is 80.6 Å². The molecule has 3 aliphatic heterocycles. The maximum atomic E-state index is 12.6. The number of piperidine rings is 1. The third kappa shape index (κ3) is 5.43. The summed E-state index contributed by atoms with van der Waals surface area (Å²) >= 11 is 6.25. The zero-order valence-corrected chi connectivity index (χ0v) is 23.2. The summed E-state index contributed by atoms with van der Waals surface area (Å²) in [7, 11) is 1.65. The van der Waals surface area contributed by atoms with Crippen LogP contribution in [0.4, 0.5) is 5.69 Å². The Morgan fingerprint density at radius 3 is 2.71 bits per heavy atom. The topological polar surface area (TPSA) is 74.4 Å². The molecule has 2 amide bonds. The van der Waals surface area contributed by atoms with E-state index in [-0.39, 0.29) is 25.0 Å². The summed E-state index contributed by atoms with van der Waals surface area (Å²) in [5.41, 5.74) is 4.80. The van der Waals surface area contributed by atoms with Crippen LogP contribution in [0.1, 0.15) is 42.0 Å². The van der Waals surface area contributed by atoms with Gasteiger partial charge in [-0.3, -0.25) is 14.5 Å². The number of rotatable bonds is 6. The van der Waals surface area contributed by atoms with Gasteiger partial charge in [-0.1, -0.05) is 17.7 Å². The van der Waals surface area contributed by atoms with Crippen LogP contribution in [0.5, 0.6) is 11.5 Å². The van der Waals surface area contributed by atoms with Gasteiger partial charge < -0.3 is 24.6 Å². The van der Waals surface area contributed by atoms with Crippen LogP contribution in [-0.2, 0) is 9.59 Å². The molecule has 2 aromatic rings. The van der Waals surface area contributed by atoms with Crippen LogP contribution in [0.25, 0.3) is 0 Å². The number of nitrogens with zero attached hydrogens (tertiary/aromatic N) is 3. The Labute approximate surface area is 229 Å². The molecule has 5 rings (SSSR count). The Morgan fingerprint density at radius 1 is 1.08 bits per heavy atom. The second-order valence-electron chi connectivity index (χ2n) is 10.5. The molecule has 38 heavy (non-hydrogen) atoms. The van der Waals surface area contributed by atoms with Crippen molar-refractivity contribution in [3.63, 3.8) is 0 Å². The van der Waals surface area contributed by atoms with E-state index in [2.05, 4.69) is 41.1 Å². The predicted octanol–water partition coefficient (Wildman–Crippen LogP) is 3.72. The van der Waals surface area contributed by atoms with E-state index in [1.807, 2.05) is 18.2 Å². The third-order valence-electron chi connectivity index (χ3n) is 8.32. The van der Waals surface area contributed by atoms with Crippen molar-refractivity contribution < 1.29 is 19.1 Å². The predicted molar refractivity (Wildman–Crippen MR) is 148 cm³/mol. The molecule has 2 atom stereocenters. The van der Waals surface area contributed by atoms with Crippen LogP contribution in [0, 0.1) is 13.8 Å². The number of ether oxygens (including phenoxy) is 2. The molecule has 0 unspecified atom stereocenters. The Morgan fingerprint density at radius 2 is 1.92 bits per heavy atom. The van der Waals surface area contributed by atoms with Gasteiger partial charge in [0, 0.05) is 56.6 Å². The average Bonchev–Trinajstić information content (AvgIpc) is 2.93. The van der Waals surface area contributed by atoms with E-state index < -0.39 is 0 Å². The lowest BCUT2D eigenvalue weighted by molar-refractivity contribution is -0.139. The minimum Gasteiger partial charge on any atom is -0.495 e. The van der Waals surface area contributed by atoms with Crippen LogP contribution in [0.15, 0.2) is 30.3 Å². The molecule has 3 heterocycles. The second kappa shape index (κ2) is 11.4. The van der Waals surface area contributed by atoms with Crippen molar-refractivity contribution >= 4 is 29.1 Å². The SMILES string of the molecule is COc1cc(N2CCN3[C@@H](CCC[C@@H]3c3ccc(OCC(=O)N4CCNC(=O)C4)c(C)c3C)C2)ccc1Cl. The molecule has 204 valence electrons. The average molecular weight is 541 g/mol. The van der Waals surface area contributed by atoms with E-state index in [4.69, 9.17) is 21.1 Å². The highest BCUT2D eigenvalue weighted by Crippen LogP contribution is 2.40. The van der Waals surface area contributed by atoms with Gasteiger partial charge in [0.25, 0.3) is 5.91 Å². The minimum absolute atomic E-state index is 0.0597. The first-order chi connectivity index (χ1) is 18.4. The Hall–Kier alpha value is -2.97. The number of carbonyl (C=O) groups is 2. The number of anilines is 1. The molecule has 2 aromatic carbocycles. The van der Waals surface area contributed by atoms with E-state index in [0.717, 1.165) is 43.1 Å². The maximum Gasteiger partial charge on any atom is 0.261 e. The van der Waals surface area contributed by atoms with Crippen LogP contribution in [0.2, 0.25) is 5.02 Å². The molecule has 0 aromatic heterocycles. The lowest BCUT2D eigenvalue weighted by Gasteiger charge is -2.49. The molecule has 3 saturated heterocycles. The van der Waals surface area contributed by atoms with E-state index >= 15 is 0 Å². The number of hydrogen-bond acceptors (Lipinski definition) is 6. The van der Waals surface area contributed by atoms with Crippen molar-refractivity contribution in [2.75, 3.05) is 57.9 Å². The zero-order valence-electron chi connectivity index (χ0n) is 22.5. The van der Waals surface area contributed by atoms with Crippen molar-refractivity contribution in [3.05, 3.63) is 52.0 Å². The summed E-state index contributed by atoms with van der Waals surface area (Å²) < 4.78 is 11.4. The monoisotopic (exact) mass is 540 g/mol. The summed E-state index contributed by atoms with van der Waals surface area (Å²) in [5.74, 6) is 1.16. The molecule has 0 radical (unpaired) electrons. The highest BCUT2D eigenvalue weighted by Gasteiger charge is 2.36. The normalized spacial score (nSPS) is 22.1. The van der Waals surface area contributed by atoms with E-state index in [1.165, 1.54) is 24.0 Å². The fraction of sp³-hybridized carbons (Fsp3) is 0.517.